The standard InChI is InChI=1S/C48H52N8O4/c1-30-26-34(38-28-49-44(51-38)40-18-12-24-55(40)46(57)42(53(3)4)32-14-8-6-9-15-32)20-22-36(30)37-23-21-35(27-31(37)2)39-29-50-45(52-39)41-19-13-25-56(41)47(58)43(54(5)48(59)60)33-16-10-7-11-17-33/h6-11,14-17,20-23,26-29,40-43H,12-13,18-19,24-25H2,1-5H3,(H,49,51)(H,50,52)(H,59,60)/t40-,41-,42+,43+/m0/s1. The molecule has 0 radical (unpaired) electrons. The number of aryl methyl sites for hydroxylation is 2. The lowest BCUT2D eigenvalue weighted by molar-refractivity contribution is -0.138. The molecule has 2 aromatic heterocycles. The molecule has 3 amide bonds. The van der Waals surface area contributed by atoms with Gasteiger partial charge in [0, 0.05) is 20.1 Å². The van der Waals surface area contributed by atoms with E-state index in [1.807, 2.05) is 84.8 Å². The third-order valence-electron chi connectivity index (χ3n) is 12.2. The molecule has 4 atom stereocenters. The van der Waals surface area contributed by atoms with E-state index in [1.165, 1.54) is 7.05 Å². The Balaban J connectivity index is 0.973. The van der Waals surface area contributed by atoms with E-state index >= 15 is 0 Å². The predicted molar refractivity (Wildman–Crippen MR) is 232 cm³/mol. The lowest BCUT2D eigenvalue weighted by Crippen LogP contribution is -2.43. The van der Waals surface area contributed by atoms with Crippen molar-refractivity contribution in [2.45, 2.75) is 63.7 Å². The van der Waals surface area contributed by atoms with Gasteiger partial charge in [0.05, 0.1) is 35.9 Å². The zero-order chi connectivity index (χ0) is 42.1. The minimum Gasteiger partial charge on any atom is -0.465 e. The van der Waals surface area contributed by atoms with Crippen LogP contribution in [0.3, 0.4) is 0 Å². The second-order valence-electron chi connectivity index (χ2n) is 16.3. The molecule has 2 saturated heterocycles. The highest BCUT2D eigenvalue weighted by Crippen LogP contribution is 2.38. The number of H-pyrrole nitrogens is 2. The molecule has 4 aromatic carbocycles. The van der Waals surface area contributed by atoms with Crippen LogP contribution >= 0.6 is 0 Å². The van der Waals surface area contributed by atoms with Crippen molar-refractivity contribution in [3.05, 3.63) is 143 Å². The van der Waals surface area contributed by atoms with Crippen LogP contribution in [0.2, 0.25) is 0 Å². The molecule has 12 heteroatoms. The SMILES string of the molecule is Cc1cc(-c2cnc([C@@H]3CCCN3C(=O)[C@@H](c3ccccc3)N(C)C)[nH]2)ccc1-c1ccc(-c2cnc([C@@H]3CCCN3C(=O)[C@@H](c3ccccc3)N(C)C(=O)O)[nH]2)cc1C. The summed E-state index contributed by atoms with van der Waals surface area (Å²) >= 11 is 0. The van der Waals surface area contributed by atoms with Gasteiger partial charge in [-0.1, -0.05) is 84.9 Å². The van der Waals surface area contributed by atoms with Crippen molar-refractivity contribution < 1.29 is 19.5 Å². The summed E-state index contributed by atoms with van der Waals surface area (Å²) in [4.78, 5) is 63.5. The number of aromatic amines is 2. The van der Waals surface area contributed by atoms with Crippen molar-refractivity contribution in [2.24, 2.45) is 0 Å². The number of nitrogens with one attached hydrogen (secondary N) is 2. The summed E-state index contributed by atoms with van der Waals surface area (Å²) in [5.74, 6) is 1.33. The van der Waals surface area contributed by atoms with Crippen LogP contribution in [0.15, 0.2) is 109 Å². The number of likely N-dealkylation sites (N-methyl/N-ethyl adjacent to an activating group) is 2. The molecule has 308 valence electrons. The van der Waals surface area contributed by atoms with Gasteiger partial charge < -0.3 is 24.9 Å². The van der Waals surface area contributed by atoms with Crippen molar-refractivity contribution in [3.8, 4) is 33.6 Å². The highest BCUT2D eigenvalue weighted by Gasteiger charge is 2.40. The first-order valence-electron chi connectivity index (χ1n) is 20.7. The second kappa shape index (κ2) is 17.0. The number of amides is 3. The Hall–Kier alpha value is -6.53. The minimum atomic E-state index is -1.16. The molecule has 3 N–H and O–H groups in total. The lowest BCUT2D eigenvalue weighted by Gasteiger charge is -2.32. The van der Waals surface area contributed by atoms with E-state index < -0.39 is 12.1 Å². The highest BCUT2D eigenvalue weighted by atomic mass is 16.4. The quantitative estimate of drug-likeness (QED) is 0.119. The zero-order valence-electron chi connectivity index (χ0n) is 34.8. The normalized spacial score (nSPS) is 17.6. The first-order valence-corrected chi connectivity index (χ1v) is 20.7. The molecule has 8 rings (SSSR count). The second-order valence-corrected chi connectivity index (χ2v) is 16.3. The van der Waals surface area contributed by atoms with Gasteiger partial charge in [0.2, 0.25) is 5.91 Å². The smallest absolute Gasteiger partial charge is 0.407 e. The molecule has 2 fully saturated rings. The monoisotopic (exact) mass is 804 g/mol. The van der Waals surface area contributed by atoms with E-state index in [-0.39, 0.29) is 29.9 Å². The Morgan fingerprint density at radius 1 is 0.650 bits per heavy atom. The number of carbonyl (C=O) groups is 3. The number of imidazole rings is 2. The molecule has 6 aromatic rings. The van der Waals surface area contributed by atoms with Gasteiger partial charge in [-0.25, -0.2) is 14.8 Å². The Kier molecular flexibility index (Phi) is 11.4. The van der Waals surface area contributed by atoms with Crippen LogP contribution in [0.5, 0.6) is 0 Å². The molecule has 4 heterocycles. The van der Waals surface area contributed by atoms with Crippen molar-refractivity contribution in [3.63, 3.8) is 0 Å². The minimum absolute atomic E-state index is 0.0912. The van der Waals surface area contributed by atoms with Crippen molar-refractivity contribution >= 4 is 17.9 Å². The molecule has 0 bridgehead atoms. The maximum absolute atomic E-state index is 14.0. The molecule has 2 aliphatic rings. The summed E-state index contributed by atoms with van der Waals surface area (Å²) < 4.78 is 0. The molecule has 0 spiro atoms. The van der Waals surface area contributed by atoms with Gasteiger partial charge in [-0.3, -0.25) is 19.4 Å². The van der Waals surface area contributed by atoms with E-state index in [0.717, 1.165) is 86.7 Å². The fraction of sp³-hybridized carbons (Fsp3) is 0.312. The number of nitrogens with zero attached hydrogens (tertiary/aromatic N) is 6. The fourth-order valence-corrected chi connectivity index (χ4v) is 9.09. The van der Waals surface area contributed by atoms with Crippen LogP contribution in [-0.4, -0.2) is 96.8 Å². The number of rotatable bonds is 11. The Labute approximate surface area is 350 Å². The average molecular weight is 805 g/mol. The third kappa shape index (κ3) is 7.82. The van der Waals surface area contributed by atoms with E-state index in [4.69, 9.17) is 9.97 Å². The van der Waals surface area contributed by atoms with Gasteiger partial charge >= 0.3 is 6.09 Å². The summed E-state index contributed by atoms with van der Waals surface area (Å²) in [7, 11) is 5.34. The third-order valence-corrected chi connectivity index (χ3v) is 12.2. The number of hydrogen-bond donors (Lipinski definition) is 3. The average Bonchev–Trinajstić information content (AvgIpc) is 4.09. The summed E-state index contributed by atoms with van der Waals surface area (Å²) in [5, 5.41) is 9.84. The molecule has 0 saturated carbocycles. The highest BCUT2D eigenvalue weighted by molar-refractivity contribution is 5.87. The summed E-state index contributed by atoms with van der Waals surface area (Å²) in [6.45, 7) is 5.46. The number of carbonyl (C=O) groups excluding carboxylic acids is 2. The van der Waals surface area contributed by atoms with Crippen LogP contribution in [0.1, 0.15) is 83.8 Å². The van der Waals surface area contributed by atoms with Gasteiger partial charge in [0.25, 0.3) is 5.91 Å². The Morgan fingerprint density at radius 2 is 1.08 bits per heavy atom. The molecule has 0 unspecified atom stereocenters. The van der Waals surface area contributed by atoms with Crippen LogP contribution in [-0.2, 0) is 9.59 Å². The number of benzene rings is 4. The van der Waals surface area contributed by atoms with E-state index in [1.54, 1.807) is 17.0 Å². The van der Waals surface area contributed by atoms with Gasteiger partial charge in [-0.15, -0.1) is 0 Å². The number of likely N-dealkylation sites (tertiary alicyclic amines) is 2. The van der Waals surface area contributed by atoms with E-state index in [2.05, 4.69) is 60.2 Å². The topological polar surface area (TPSA) is 142 Å². The van der Waals surface area contributed by atoms with E-state index in [9.17, 15) is 19.5 Å². The van der Waals surface area contributed by atoms with Crippen molar-refractivity contribution in [1.82, 2.24) is 39.5 Å². The van der Waals surface area contributed by atoms with Crippen LogP contribution in [0.25, 0.3) is 33.6 Å². The zero-order valence-corrected chi connectivity index (χ0v) is 34.8. The fourth-order valence-electron chi connectivity index (χ4n) is 9.09. The maximum atomic E-state index is 14.0. The first-order chi connectivity index (χ1) is 29.0. The number of aromatic nitrogens is 4. The largest absolute Gasteiger partial charge is 0.465 e. The summed E-state index contributed by atoms with van der Waals surface area (Å²) in [5.41, 5.74) is 9.91. The molecule has 12 nitrogen and oxygen atoms in total. The molecule has 60 heavy (non-hydrogen) atoms. The molecular formula is C48H52N8O4. The van der Waals surface area contributed by atoms with Gasteiger partial charge in [0.15, 0.2) is 0 Å². The summed E-state index contributed by atoms with van der Waals surface area (Å²) in [6.07, 6.45) is 5.84. The van der Waals surface area contributed by atoms with Crippen LogP contribution in [0.4, 0.5) is 4.79 Å². The van der Waals surface area contributed by atoms with Gasteiger partial charge in [0.1, 0.15) is 23.7 Å². The predicted octanol–water partition coefficient (Wildman–Crippen LogP) is 8.73. The van der Waals surface area contributed by atoms with E-state index in [0.29, 0.717) is 24.5 Å². The van der Waals surface area contributed by atoms with Crippen molar-refractivity contribution in [2.75, 3.05) is 34.2 Å². The number of hydrogen-bond acceptors (Lipinski definition) is 6. The van der Waals surface area contributed by atoms with Crippen LogP contribution < -0.4 is 0 Å². The Morgan fingerprint density at radius 3 is 1.50 bits per heavy atom. The first kappa shape index (κ1) is 40.3. The van der Waals surface area contributed by atoms with Crippen molar-refractivity contribution in [1.29, 1.82) is 0 Å². The molecule has 0 aliphatic carbocycles. The summed E-state index contributed by atoms with van der Waals surface area (Å²) in [6, 6.07) is 30.1. The van der Waals surface area contributed by atoms with Gasteiger partial charge in [-0.05, 0) is 110 Å². The number of carboxylic acid groups (broad SMARTS) is 1. The molecule has 2 aliphatic heterocycles. The molecular weight excluding hydrogens is 753 g/mol. The van der Waals surface area contributed by atoms with Gasteiger partial charge in [-0.2, -0.15) is 0 Å². The van der Waals surface area contributed by atoms with Crippen LogP contribution in [0, 0.1) is 13.8 Å². The Bertz CT molecular complexity index is 2500. The maximum Gasteiger partial charge on any atom is 0.407 e. The lowest BCUT2D eigenvalue weighted by atomic mass is 9.93.